The van der Waals surface area contributed by atoms with Crippen LogP contribution >= 0.6 is 23.2 Å². The predicted molar refractivity (Wildman–Crippen MR) is 49.0 cm³/mol. The minimum Gasteiger partial charge on any atom is -0.478 e. The predicted octanol–water partition coefficient (Wildman–Crippen LogP) is 1.97. The van der Waals surface area contributed by atoms with Gasteiger partial charge in [-0.1, -0.05) is 35.3 Å². The van der Waals surface area contributed by atoms with Gasteiger partial charge in [0.1, 0.15) is 0 Å². The van der Waals surface area contributed by atoms with Crippen molar-refractivity contribution >= 4 is 29.2 Å². The van der Waals surface area contributed by atoms with Crippen LogP contribution in [-0.4, -0.2) is 16.2 Å². The Morgan fingerprint density at radius 2 is 2.00 bits per heavy atom. The van der Waals surface area contributed by atoms with E-state index in [4.69, 9.17) is 33.4 Å². The summed E-state index contributed by atoms with van der Waals surface area (Å²) >= 11 is 10.7. The van der Waals surface area contributed by atoms with Crippen LogP contribution in [0.25, 0.3) is 0 Å². The van der Waals surface area contributed by atoms with Crippen LogP contribution in [0.2, 0.25) is 0 Å². The zero-order chi connectivity index (χ0) is 10.1. The fourth-order valence-electron chi connectivity index (χ4n) is 0.839. The second kappa shape index (κ2) is 3.54. The molecule has 1 rings (SSSR count). The Labute approximate surface area is 84.5 Å². The smallest absolute Gasteiger partial charge is 0.335 e. The van der Waals surface area contributed by atoms with Crippen LogP contribution < -0.4 is 0 Å². The maximum absolute atomic E-state index is 10.5. The molecule has 0 radical (unpaired) electrons. The summed E-state index contributed by atoms with van der Waals surface area (Å²) in [6, 6.07) is 5.48. The number of carboxylic acid groups (broad SMARTS) is 1. The first kappa shape index (κ1) is 10.3. The minimum absolute atomic E-state index is 0.0252. The normalized spacial score (nSPS) is 11.3. The maximum Gasteiger partial charge on any atom is 0.335 e. The highest BCUT2D eigenvalue weighted by atomic mass is 35.5. The Morgan fingerprint density at radius 3 is 2.46 bits per heavy atom. The molecule has 0 saturated carbocycles. The summed E-state index contributed by atoms with van der Waals surface area (Å²) < 4.78 is -2.05. The topological polar surface area (TPSA) is 57.5 Å². The third-order valence-electron chi connectivity index (χ3n) is 1.46. The largest absolute Gasteiger partial charge is 0.478 e. The molecule has 0 heterocycles. The van der Waals surface area contributed by atoms with E-state index in [0.717, 1.165) is 0 Å². The van der Waals surface area contributed by atoms with Gasteiger partial charge in [-0.2, -0.15) is 0 Å². The van der Waals surface area contributed by atoms with E-state index in [1.54, 1.807) is 0 Å². The third kappa shape index (κ3) is 2.59. The van der Waals surface area contributed by atoms with Crippen LogP contribution in [-0.2, 0) is 4.52 Å². The van der Waals surface area contributed by atoms with Crippen molar-refractivity contribution in [3.8, 4) is 0 Å². The number of aliphatic hydroxyl groups is 1. The monoisotopic (exact) mass is 220 g/mol. The van der Waals surface area contributed by atoms with Gasteiger partial charge in [0.05, 0.1) is 5.56 Å². The molecule has 0 aliphatic carbocycles. The summed E-state index contributed by atoms with van der Waals surface area (Å²) in [5.41, 5.74) is 0.160. The molecule has 0 atom stereocenters. The lowest BCUT2D eigenvalue weighted by atomic mass is 10.1. The Balaban J connectivity index is 3.13. The quantitative estimate of drug-likeness (QED) is 0.750. The van der Waals surface area contributed by atoms with Crippen molar-refractivity contribution in [1.82, 2.24) is 0 Å². The van der Waals surface area contributed by atoms with Crippen molar-refractivity contribution in [2.24, 2.45) is 0 Å². The van der Waals surface area contributed by atoms with E-state index in [-0.39, 0.29) is 11.1 Å². The van der Waals surface area contributed by atoms with Crippen molar-refractivity contribution in [1.29, 1.82) is 0 Å². The lowest BCUT2D eigenvalue weighted by Crippen LogP contribution is -2.09. The number of carbonyl (C=O) groups is 1. The Morgan fingerprint density at radius 1 is 1.38 bits per heavy atom. The fourth-order valence-corrected chi connectivity index (χ4v) is 1.07. The van der Waals surface area contributed by atoms with Crippen LogP contribution in [0, 0.1) is 0 Å². The van der Waals surface area contributed by atoms with E-state index in [0.29, 0.717) is 0 Å². The third-order valence-corrected chi connectivity index (χ3v) is 1.89. The number of hydrogen-bond donors (Lipinski definition) is 2. The SMILES string of the molecule is O=C(O)c1cccc(C(O)(Cl)Cl)c1. The molecule has 0 fully saturated rings. The van der Waals surface area contributed by atoms with Crippen LogP contribution in [0.1, 0.15) is 15.9 Å². The number of carboxylic acids is 1. The number of benzene rings is 1. The molecule has 0 amide bonds. The zero-order valence-corrected chi connectivity index (χ0v) is 7.88. The number of rotatable bonds is 2. The first-order valence-corrected chi connectivity index (χ1v) is 4.11. The van der Waals surface area contributed by atoms with Crippen molar-refractivity contribution in [2.45, 2.75) is 4.52 Å². The molecule has 13 heavy (non-hydrogen) atoms. The van der Waals surface area contributed by atoms with Gasteiger partial charge in [0.15, 0.2) is 0 Å². The van der Waals surface area contributed by atoms with Gasteiger partial charge in [-0.05, 0) is 12.1 Å². The number of hydrogen-bond acceptors (Lipinski definition) is 2. The van der Waals surface area contributed by atoms with Crippen LogP contribution in [0.4, 0.5) is 0 Å². The standard InChI is InChI=1S/C8H6Cl2O3/c9-8(10,13)6-3-1-2-5(4-6)7(11)12/h1-4,13H,(H,11,12). The summed E-state index contributed by atoms with van der Waals surface area (Å²) in [6.45, 7) is 0. The maximum atomic E-state index is 10.5. The van der Waals surface area contributed by atoms with E-state index in [1.165, 1.54) is 24.3 Å². The minimum atomic E-state index is -2.05. The molecule has 0 spiro atoms. The van der Waals surface area contributed by atoms with Gasteiger partial charge in [-0.3, -0.25) is 0 Å². The van der Waals surface area contributed by atoms with E-state index < -0.39 is 10.5 Å². The molecule has 3 nitrogen and oxygen atoms in total. The van der Waals surface area contributed by atoms with Gasteiger partial charge in [-0.25, -0.2) is 4.79 Å². The van der Waals surface area contributed by atoms with Gasteiger partial charge < -0.3 is 10.2 Å². The van der Waals surface area contributed by atoms with Crippen LogP contribution in [0.15, 0.2) is 24.3 Å². The van der Waals surface area contributed by atoms with E-state index >= 15 is 0 Å². The zero-order valence-electron chi connectivity index (χ0n) is 6.37. The van der Waals surface area contributed by atoms with Gasteiger partial charge in [0, 0.05) is 5.56 Å². The van der Waals surface area contributed by atoms with E-state index in [9.17, 15) is 4.79 Å². The van der Waals surface area contributed by atoms with Gasteiger partial charge >= 0.3 is 5.97 Å². The molecule has 0 unspecified atom stereocenters. The average Bonchev–Trinajstić information content (AvgIpc) is 2.03. The van der Waals surface area contributed by atoms with Crippen LogP contribution in [0.5, 0.6) is 0 Å². The summed E-state index contributed by atoms with van der Waals surface area (Å²) in [4.78, 5) is 10.5. The van der Waals surface area contributed by atoms with E-state index in [1.807, 2.05) is 0 Å². The molecule has 0 saturated heterocycles. The molecular weight excluding hydrogens is 215 g/mol. The molecule has 1 aromatic rings. The molecule has 2 N–H and O–H groups in total. The molecule has 0 aliphatic heterocycles. The van der Waals surface area contributed by atoms with E-state index in [2.05, 4.69) is 0 Å². The van der Waals surface area contributed by atoms with Gasteiger partial charge in [-0.15, -0.1) is 0 Å². The van der Waals surface area contributed by atoms with Crippen molar-refractivity contribution in [2.75, 3.05) is 0 Å². The second-order valence-electron chi connectivity index (χ2n) is 2.43. The average molecular weight is 221 g/mol. The molecule has 0 bridgehead atoms. The summed E-state index contributed by atoms with van der Waals surface area (Å²) in [5.74, 6) is -1.10. The summed E-state index contributed by atoms with van der Waals surface area (Å²) in [6.07, 6.45) is 0. The summed E-state index contributed by atoms with van der Waals surface area (Å²) in [5, 5.41) is 17.7. The molecule has 0 aliphatic rings. The highest BCUT2D eigenvalue weighted by Gasteiger charge is 2.22. The first-order chi connectivity index (χ1) is 5.91. The fraction of sp³-hybridized carbons (Fsp3) is 0.125. The second-order valence-corrected chi connectivity index (χ2v) is 3.71. The molecule has 1 aromatic carbocycles. The summed E-state index contributed by atoms with van der Waals surface area (Å²) in [7, 11) is 0. The first-order valence-electron chi connectivity index (χ1n) is 3.35. The number of alkyl halides is 2. The van der Waals surface area contributed by atoms with Gasteiger partial charge in [0.2, 0.25) is 4.52 Å². The van der Waals surface area contributed by atoms with Crippen molar-refractivity contribution in [3.63, 3.8) is 0 Å². The van der Waals surface area contributed by atoms with Crippen molar-refractivity contribution in [3.05, 3.63) is 35.4 Å². The lowest BCUT2D eigenvalue weighted by Gasteiger charge is -2.12. The number of aromatic carboxylic acids is 1. The molecule has 5 heteroatoms. The Kier molecular flexibility index (Phi) is 2.81. The highest BCUT2D eigenvalue weighted by Crippen LogP contribution is 2.30. The lowest BCUT2D eigenvalue weighted by molar-refractivity contribution is 0.0696. The molecule has 70 valence electrons. The van der Waals surface area contributed by atoms with Crippen molar-refractivity contribution < 1.29 is 15.0 Å². The van der Waals surface area contributed by atoms with Crippen LogP contribution in [0.3, 0.4) is 0 Å². The highest BCUT2D eigenvalue weighted by molar-refractivity contribution is 6.46. The number of halogens is 2. The molecule has 0 aromatic heterocycles. The molecular formula is C8H6Cl2O3. The Bertz CT molecular complexity index is 330. The Hall–Kier alpha value is -0.770. The van der Waals surface area contributed by atoms with Gasteiger partial charge in [0.25, 0.3) is 0 Å².